The first-order chi connectivity index (χ1) is 14.3. The molecule has 3 heterocycles. The maximum absolute atomic E-state index is 4.66. The topological polar surface area (TPSA) is 72.3 Å². The molecule has 2 aromatic carbocycles. The van der Waals surface area contributed by atoms with Crippen LogP contribution in [0.15, 0.2) is 78.1 Å². The number of imidazole rings is 1. The van der Waals surface area contributed by atoms with E-state index in [1.807, 2.05) is 42.5 Å². The number of fused-ring (bicyclic) bond motifs is 1. The Morgan fingerprint density at radius 2 is 1.76 bits per heavy atom. The van der Waals surface area contributed by atoms with Gasteiger partial charge >= 0.3 is 0 Å². The number of benzene rings is 2. The van der Waals surface area contributed by atoms with Crippen molar-refractivity contribution in [2.24, 2.45) is 0 Å². The largest absolute Gasteiger partial charge is 0.341 e. The van der Waals surface area contributed by atoms with Gasteiger partial charge in [0.1, 0.15) is 11.5 Å². The standard InChI is InChI=1S/C22H18N6S/c1-15-9-11-16(12-10-15)28-21(19-8-4-5-13-23-19)26-27-22(28)29-14-20-24-17-6-2-3-7-18(17)25-20/h2-13H,14H2,1H3,(H,24,25). The third kappa shape index (κ3) is 3.52. The lowest BCUT2D eigenvalue weighted by Crippen LogP contribution is -2.01. The van der Waals surface area contributed by atoms with Crippen LogP contribution in [0, 0.1) is 6.92 Å². The molecule has 0 saturated heterocycles. The van der Waals surface area contributed by atoms with Gasteiger partial charge < -0.3 is 4.98 Å². The molecule has 5 aromatic rings. The van der Waals surface area contributed by atoms with Crippen LogP contribution in [-0.4, -0.2) is 29.7 Å². The van der Waals surface area contributed by atoms with Gasteiger partial charge in [0.15, 0.2) is 11.0 Å². The van der Waals surface area contributed by atoms with Crippen molar-refractivity contribution in [3.05, 3.63) is 84.3 Å². The number of pyridine rings is 1. The summed E-state index contributed by atoms with van der Waals surface area (Å²) in [6.07, 6.45) is 1.77. The number of nitrogens with one attached hydrogen (secondary N) is 1. The summed E-state index contributed by atoms with van der Waals surface area (Å²) in [5.41, 5.74) is 5.01. The number of thioether (sulfide) groups is 1. The normalized spacial score (nSPS) is 11.2. The summed E-state index contributed by atoms with van der Waals surface area (Å²) in [4.78, 5) is 12.5. The zero-order valence-electron chi connectivity index (χ0n) is 15.8. The smallest absolute Gasteiger partial charge is 0.196 e. The number of aromatic amines is 1. The van der Waals surface area contributed by atoms with Crippen LogP contribution in [0.25, 0.3) is 28.2 Å². The second-order valence-corrected chi connectivity index (χ2v) is 7.62. The van der Waals surface area contributed by atoms with Crippen molar-refractivity contribution in [3.8, 4) is 17.2 Å². The predicted molar refractivity (Wildman–Crippen MR) is 115 cm³/mol. The fourth-order valence-electron chi connectivity index (χ4n) is 3.16. The molecule has 0 radical (unpaired) electrons. The molecular weight excluding hydrogens is 380 g/mol. The van der Waals surface area contributed by atoms with Crippen LogP contribution >= 0.6 is 11.8 Å². The number of nitrogens with zero attached hydrogens (tertiary/aromatic N) is 5. The van der Waals surface area contributed by atoms with Crippen LogP contribution in [0.2, 0.25) is 0 Å². The van der Waals surface area contributed by atoms with Crippen molar-refractivity contribution in [3.63, 3.8) is 0 Å². The molecule has 29 heavy (non-hydrogen) atoms. The first-order valence-electron chi connectivity index (χ1n) is 9.28. The van der Waals surface area contributed by atoms with Crippen molar-refractivity contribution in [1.82, 2.24) is 29.7 Å². The molecule has 5 rings (SSSR count). The van der Waals surface area contributed by atoms with Crippen LogP contribution < -0.4 is 0 Å². The van der Waals surface area contributed by atoms with Gasteiger partial charge in [-0.2, -0.15) is 0 Å². The highest BCUT2D eigenvalue weighted by Crippen LogP contribution is 2.29. The number of hydrogen-bond acceptors (Lipinski definition) is 5. The third-order valence-corrected chi connectivity index (χ3v) is 5.54. The van der Waals surface area contributed by atoms with E-state index >= 15 is 0 Å². The molecule has 0 atom stereocenters. The highest BCUT2D eigenvalue weighted by molar-refractivity contribution is 7.98. The summed E-state index contributed by atoms with van der Waals surface area (Å²) in [6, 6.07) is 22.2. The van der Waals surface area contributed by atoms with Crippen molar-refractivity contribution >= 4 is 22.8 Å². The minimum atomic E-state index is 0.668. The molecule has 0 spiro atoms. The van der Waals surface area contributed by atoms with Gasteiger partial charge in [0.05, 0.1) is 16.8 Å². The Hall–Kier alpha value is -3.45. The van der Waals surface area contributed by atoms with Gasteiger partial charge in [0, 0.05) is 11.9 Å². The molecule has 0 unspecified atom stereocenters. The third-order valence-electron chi connectivity index (χ3n) is 4.60. The molecule has 0 aliphatic carbocycles. The van der Waals surface area contributed by atoms with E-state index in [9.17, 15) is 0 Å². The number of rotatable bonds is 5. The fourth-order valence-corrected chi connectivity index (χ4v) is 3.98. The van der Waals surface area contributed by atoms with E-state index in [-0.39, 0.29) is 0 Å². The van der Waals surface area contributed by atoms with E-state index in [0.717, 1.165) is 39.2 Å². The van der Waals surface area contributed by atoms with Gasteiger partial charge in [0.2, 0.25) is 0 Å². The molecule has 1 N–H and O–H groups in total. The molecule has 0 bridgehead atoms. The van der Waals surface area contributed by atoms with Crippen molar-refractivity contribution in [1.29, 1.82) is 0 Å². The maximum Gasteiger partial charge on any atom is 0.196 e. The predicted octanol–water partition coefficient (Wildman–Crippen LogP) is 4.81. The molecule has 0 saturated carbocycles. The summed E-state index contributed by atoms with van der Waals surface area (Å²) >= 11 is 1.60. The summed E-state index contributed by atoms with van der Waals surface area (Å²) in [6.45, 7) is 2.08. The summed E-state index contributed by atoms with van der Waals surface area (Å²) < 4.78 is 2.05. The van der Waals surface area contributed by atoms with Crippen LogP contribution in [0.4, 0.5) is 0 Å². The second kappa shape index (κ2) is 7.52. The SMILES string of the molecule is Cc1ccc(-n2c(SCc3nc4ccccc4[nH]3)nnc2-c2ccccn2)cc1. The van der Waals surface area contributed by atoms with Gasteiger partial charge in [-0.15, -0.1) is 10.2 Å². The van der Waals surface area contributed by atoms with Crippen LogP contribution in [0.3, 0.4) is 0 Å². The molecule has 6 nitrogen and oxygen atoms in total. The Morgan fingerprint density at radius 3 is 2.55 bits per heavy atom. The molecule has 7 heteroatoms. The molecule has 3 aromatic heterocycles. The first kappa shape index (κ1) is 17.6. The maximum atomic E-state index is 4.66. The molecule has 0 aliphatic heterocycles. The van der Waals surface area contributed by atoms with Gasteiger partial charge in [-0.3, -0.25) is 9.55 Å². The number of aromatic nitrogens is 6. The monoisotopic (exact) mass is 398 g/mol. The highest BCUT2D eigenvalue weighted by Gasteiger charge is 2.17. The summed E-state index contributed by atoms with van der Waals surface area (Å²) in [7, 11) is 0. The number of aryl methyl sites for hydroxylation is 1. The minimum Gasteiger partial charge on any atom is -0.341 e. The lowest BCUT2D eigenvalue weighted by molar-refractivity contribution is 0.883. The Labute approximate surface area is 172 Å². The van der Waals surface area contributed by atoms with Crippen molar-refractivity contribution in [2.75, 3.05) is 0 Å². The number of para-hydroxylation sites is 2. The van der Waals surface area contributed by atoms with Crippen LogP contribution in [0.5, 0.6) is 0 Å². The molecule has 142 valence electrons. The molecule has 0 fully saturated rings. The minimum absolute atomic E-state index is 0.668. The van der Waals surface area contributed by atoms with Crippen LogP contribution in [0.1, 0.15) is 11.4 Å². The van der Waals surface area contributed by atoms with E-state index in [4.69, 9.17) is 0 Å². The van der Waals surface area contributed by atoms with E-state index in [1.54, 1.807) is 18.0 Å². The van der Waals surface area contributed by atoms with E-state index in [0.29, 0.717) is 5.75 Å². The van der Waals surface area contributed by atoms with Crippen LogP contribution in [-0.2, 0) is 5.75 Å². The Morgan fingerprint density at radius 1 is 0.931 bits per heavy atom. The van der Waals surface area contributed by atoms with Gasteiger partial charge in [-0.25, -0.2) is 4.98 Å². The van der Waals surface area contributed by atoms with E-state index in [1.165, 1.54) is 5.56 Å². The number of H-pyrrole nitrogens is 1. The Balaban J connectivity index is 1.52. The lowest BCUT2D eigenvalue weighted by atomic mass is 10.2. The highest BCUT2D eigenvalue weighted by atomic mass is 32.2. The summed E-state index contributed by atoms with van der Waals surface area (Å²) in [5.74, 6) is 2.30. The van der Waals surface area contributed by atoms with Gasteiger partial charge in [0.25, 0.3) is 0 Å². The van der Waals surface area contributed by atoms with E-state index in [2.05, 4.69) is 60.9 Å². The average molecular weight is 398 g/mol. The molecule has 0 amide bonds. The average Bonchev–Trinajstić information content (AvgIpc) is 3.37. The zero-order chi connectivity index (χ0) is 19.6. The molecule has 0 aliphatic rings. The van der Waals surface area contributed by atoms with Crippen molar-refractivity contribution < 1.29 is 0 Å². The quantitative estimate of drug-likeness (QED) is 0.430. The summed E-state index contributed by atoms with van der Waals surface area (Å²) in [5, 5.41) is 9.69. The Kier molecular flexibility index (Phi) is 4.57. The lowest BCUT2D eigenvalue weighted by Gasteiger charge is -2.10. The Bertz CT molecular complexity index is 1220. The first-order valence-corrected chi connectivity index (χ1v) is 10.3. The zero-order valence-corrected chi connectivity index (χ0v) is 16.6. The molecular formula is C22H18N6S. The second-order valence-electron chi connectivity index (χ2n) is 6.68. The van der Waals surface area contributed by atoms with Gasteiger partial charge in [-0.1, -0.05) is 47.7 Å². The van der Waals surface area contributed by atoms with E-state index < -0.39 is 0 Å². The van der Waals surface area contributed by atoms with Gasteiger partial charge in [-0.05, 0) is 43.3 Å². The van der Waals surface area contributed by atoms with Crippen molar-refractivity contribution in [2.45, 2.75) is 17.8 Å². The number of hydrogen-bond donors (Lipinski definition) is 1. The fraction of sp³-hybridized carbons (Fsp3) is 0.0909.